The highest BCUT2D eigenvalue weighted by atomic mass is 32.2. The second-order valence-corrected chi connectivity index (χ2v) is 25.0. The van der Waals surface area contributed by atoms with Gasteiger partial charge < -0.3 is 39.1 Å². The van der Waals surface area contributed by atoms with E-state index in [9.17, 15) is 31.2 Å². The van der Waals surface area contributed by atoms with Gasteiger partial charge in [-0.3, -0.25) is 23.0 Å². The lowest BCUT2D eigenvalue weighted by atomic mass is 9.94. The number of hydrogen-bond donors (Lipinski definition) is 3. The number of sulfonamides is 2. The van der Waals surface area contributed by atoms with Crippen LogP contribution in [0.15, 0.2) is 94.7 Å². The van der Waals surface area contributed by atoms with Gasteiger partial charge in [0, 0.05) is 82.7 Å². The summed E-state index contributed by atoms with van der Waals surface area (Å²) in [5.41, 5.74) is 4.93. The van der Waals surface area contributed by atoms with E-state index in [2.05, 4.69) is 66.0 Å². The minimum Gasteiger partial charge on any atom is -0.456 e. The second-order valence-electron chi connectivity index (χ2n) is 21.1. The summed E-state index contributed by atoms with van der Waals surface area (Å²) in [6, 6.07) is 22.8. The molecule has 19 nitrogen and oxygen atoms in total. The molecule has 4 heterocycles. The molecular formula is C54H70N8O11S2. The highest BCUT2D eigenvalue weighted by Crippen LogP contribution is 2.35. The molecule has 0 atom stereocenters. The Morgan fingerprint density at radius 3 is 1.35 bits per heavy atom. The van der Waals surface area contributed by atoms with E-state index in [0.29, 0.717) is 34.6 Å². The van der Waals surface area contributed by atoms with E-state index in [1.165, 1.54) is 78.2 Å². The third-order valence-electron chi connectivity index (χ3n) is 13.2. The molecule has 4 aromatic carbocycles. The predicted molar refractivity (Wildman–Crippen MR) is 289 cm³/mol. The minimum atomic E-state index is -3.88. The van der Waals surface area contributed by atoms with E-state index in [-0.39, 0.29) is 20.6 Å². The second kappa shape index (κ2) is 23.2. The van der Waals surface area contributed by atoms with Crippen molar-refractivity contribution in [1.29, 1.82) is 0 Å². The van der Waals surface area contributed by atoms with E-state index in [0.717, 1.165) is 98.9 Å². The van der Waals surface area contributed by atoms with Crippen molar-refractivity contribution in [3.63, 3.8) is 0 Å². The number of anilines is 4. The number of carbonyl (C=O) groups is 3. The van der Waals surface area contributed by atoms with E-state index >= 15 is 0 Å². The maximum Gasteiger partial charge on any atom is 0.303 e. The van der Waals surface area contributed by atoms with E-state index < -0.39 is 51.0 Å². The van der Waals surface area contributed by atoms with Gasteiger partial charge in [-0.05, 0) is 122 Å². The van der Waals surface area contributed by atoms with Crippen molar-refractivity contribution in [2.75, 3.05) is 73.0 Å². The van der Waals surface area contributed by atoms with Crippen LogP contribution in [-0.2, 0) is 72.6 Å². The number of carbonyl (C=O) groups excluding carboxylic acids is 3. The summed E-state index contributed by atoms with van der Waals surface area (Å²) in [7, 11) is -4.70. The number of nitrogens with one attached hydrogen (secondary N) is 2. The van der Waals surface area contributed by atoms with Crippen LogP contribution in [0.1, 0.15) is 85.8 Å². The fraction of sp³-hybridized carbons (Fsp3) is 0.463. The van der Waals surface area contributed by atoms with Crippen LogP contribution < -0.4 is 19.2 Å². The number of aliphatic hydroxyl groups is 1. The third-order valence-corrected chi connectivity index (χ3v) is 16.8. The number of nitrogens with zero attached hydrogens (tertiary/aromatic N) is 6. The summed E-state index contributed by atoms with van der Waals surface area (Å²) in [5.74, 6) is 1.33. The number of rotatable bonds is 15. The van der Waals surface area contributed by atoms with Gasteiger partial charge in [0.05, 0.1) is 43.2 Å². The molecule has 0 radical (unpaired) electrons. The molecule has 6 aromatic rings. The zero-order valence-electron chi connectivity index (χ0n) is 44.3. The average molecular weight is 1070 g/mol. The number of fused-ring (bicyclic) bond motifs is 2. The van der Waals surface area contributed by atoms with E-state index in [1.54, 1.807) is 6.07 Å². The monoisotopic (exact) mass is 1070 g/mol. The van der Waals surface area contributed by atoms with Crippen molar-refractivity contribution in [3.8, 4) is 0 Å². The molecular weight excluding hydrogens is 1000 g/mol. The molecule has 0 bridgehead atoms. The molecule has 0 spiro atoms. The molecule has 75 heavy (non-hydrogen) atoms. The molecule has 3 N–H and O–H groups in total. The Hall–Kier alpha value is -6.39. The first-order chi connectivity index (χ1) is 35.4. The lowest BCUT2D eigenvalue weighted by Crippen LogP contribution is -2.26. The SMILES string of the molecule is CC(=O)OCC(=O)Nc1ccc(S(=O)(=O)N(C)c2ccc3c(c2)nc(C(C)(C)C)n3CC2CCOCC2)cc1.CN(c1ccc2c(c1)nc(C(C)(C)C)n2CC1CCOCC1)S(=O)(=O)c1ccc(NC(=O)CO)cc1. The van der Waals surface area contributed by atoms with E-state index in [4.69, 9.17) is 24.5 Å². The normalized spacial score (nSPS) is 15.0. The molecule has 2 aromatic heterocycles. The number of benzene rings is 4. The smallest absolute Gasteiger partial charge is 0.303 e. The van der Waals surface area contributed by atoms with Crippen molar-refractivity contribution in [3.05, 3.63) is 96.6 Å². The summed E-state index contributed by atoms with van der Waals surface area (Å²) in [6.45, 7) is 17.8. The summed E-state index contributed by atoms with van der Waals surface area (Å²) >= 11 is 0. The molecule has 0 unspecified atom stereocenters. The van der Waals surface area contributed by atoms with Crippen LogP contribution in [0.4, 0.5) is 22.7 Å². The first-order valence-corrected chi connectivity index (χ1v) is 27.9. The zero-order valence-corrected chi connectivity index (χ0v) is 45.9. The van der Waals surface area contributed by atoms with Crippen LogP contribution in [0, 0.1) is 11.8 Å². The number of hydrogen-bond acceptors (Lipinski definition) is 13. The highest BCUT2D eigenvalue weighted by Gasteiger charge is 2.30. The van der Waals surface area contributed by atoms with Gasteiger partial charge in [-0.25, -0.2) is 26.8 Å². The molecule has 2 aliphatic heterocycles. The maximum atomic E-state index is 13.4. The molecule has 8 rings (SSSR count). The number of amides is 2. The van der Waals surface area contributed by atoms with Crippen molar-refractivity contribution in [1.82, 2.24) is 19.1 Å². The van der Waals surface area contributed by atoms with Crippen LogP contribution in [0.2, 0.25) is 0 Å². The van der Waals surface area contributed by atoms with Gasteiger partial charge in [0.2, 0.25) is 5.91 Å². The molecule has 2 fully saturated rings. The first-order valence-electron chi connectivity index (χ1n) is 25.1. The Labute approximate surface area is 439 Å². The molecule has 0 saturated carbocycles. The number of aliphatic hydroxyl groups excluding tert-OH is 1. The first kappa shape index (κ1) is 56.3. The number of imidazole rings is 2. The van der Waals surface area contributed by atoms with E-state index in [1.807, 2.05) is 30.3 Å². The lowest BCUT2D eigenvalue weighted by Gasteiger charge is -2.26. The Bertz CT molecular complexity index is 3220. The average Bonchev–Trinajstić information content (AvgIpc) is 3.94. The quantitative estimate of drug-likeness (QED) is 0.0842. The Balaban J connectivity index is 0.000000219. The van der Waals surface area contributed by atoms with Gasteiger partial charge in [0.25, 0.3) is 26.0 Å². The predicted octanol–water partition coefficient (Wildman–Crippen LogP) is 7.60. The Morgan fingerprint density at radius 2 is 1.00 bits per heavy atom. The fourth-order valence-electron chi connectivity index (χ4n) is 9.10. The van der Waals surface area contributed by atoms with Crippen LogP contribution in [0.3, 0.4) is 0 Å². The van der Waals surface area contributed by atoms with Crippen LogP contribution in [0.25, 0.3) is 22.1 Å². The van der Waals surface area contributed by atoms with Crippen molar-refractivity contribution in [2.45, 2.75) is 108 Å². The van der Waals surface area contributed by atoms with Crippen molar-refractivity contribution in [2.24, 2.45) is 11.8 Å². The summed E-state index contributed by atoms with van der Waals surface area (Å²) in [4.78, 5) is 44.2. The lowest BCUT2D eigenvalue weighted by molar-refractivity contribution is -0.144. The minimum absolute atomic E-state index is 0.0727. The standard InChI is InChI=1S/C28H36N4O6S.C26H34N4O5S/c1-19(33)38-18-26(34)29-21-6-9-23(10-7-21)39(35,36)31(5)22-8-11-25-24(16-22)30-27(28(2,3)4)32(25)17-20-12-14-37-15-13-20;1-26(2,3)25-28-22-15-20(7-10-23(22)30(25)16-18-11-13-35-14-12-18)29(4)36(33,34)21-8-5-19(6-9-21)27-24(32)17-31/h6-11,16,20H,12-15,17-18H2,1-5H3,(H,29,34);5-10,15,18,31H,11-14,16-17H2,1-4H3,(H,27,32). The van der Waals surface area contributed by atoms with Gasteiger partial charge in [0.15, 0.2) is 6.61 Å². The molecule has 404 valence electrons. The van der Waals surface area contributed by atoms with Gasteiger partial charge in [-0.15, -0.1) is 0 Å². The zero-order chi connectivity index (χ0) is 54.5. The molecule has 2 aliphatic rings. The summed E-state index contributed by atoms with van der Waals surface area (Å²) in [6.07, 6.45) is 4.06. The molecule has 2 amide bonds. The van der Waals surface area contributed by atoms with Crippen LogP contribution in [-0.4, -0.2) is 113 Å². The highest BCUT2D eigenvalue weighted by molar-refractivity contribution is 7.93. The van der Waals surface area contributed by atoms with Gasteiger partial charge >= 0.3 is 5.97 Å². The van der Waals surface area contributed by atoms with Crippen LogP contribution >= 0.6 is 0 Å². The largest absolute Gasteiger partial charge is 0.456 e. The van der Waals surface area contributed by atoms with Crippen molar-refractivity contribution >= 4 is 82.6 Å². The Kier molecular flexibility index (Phi) is 17.5. The van der Waals surface area contributed by atoms with Gasteiger partial charge in [-0.2, -0.15) is 0 Å². The topological polar surface area (TPSA) is 234 Å². The number of ether oxygens (including phenoxy) is 3. The number of esters is 1. The van der Waals surface area contributed by atoms with Gasteiger partial charge in [0.1, 0.15) is 18.3 Å². The maximum absolute atomic E-state index is 13.4. The number of aromatic nitrogens is 4. The Morgan fingerprint density at radius 1 is 0.627 bits per heavy atom. The van der Waals surface area contributed by atoms with Crippen molar-refractivity contribution < 1.29 is 50.5 Å². The molecule has 0 aliphatic carbocycles. The third kappa shape index (κ3) is 13.5. The fourth-order valence-corrected chi connectivity index (χ4v) is 11.5. The van der Waals surface area contributed by atoms with Crippen LogP contribution in [0.5, 0.6) is 0 Å². The summed E-state index contributed by atoms with van der Waals surface area (Å²) in [5, 5.41) is 13.9. The summed E-state index contributed by atoms with van der Waals surface area (Å²) < 4.78 is 76.2. The molecule has 21 heteroatoms. The van der Waals surface area contributed by atoms with Gasteiger partial charge in [-0.1, -0.05) is 41.5 Å². The molecule has 2 saturated heterocycles.